The molecule has 8 rings (SSSR count). The third-order valence-electron chi connectivity index (χ3n) is 9.55. The molecule has 212 valence electrons. The van der Waals surface area contributed by atoms with Crippen LogP contribution in [0.2, 0.25) is 0 Å². The van der Waals surface area contributed by atoms with Gasteiger partial charge in [-0.3, -0.25) is 0 Å². The van der Waals surface area contributed by atoms with Crippen molar-refractivity contribution >= 4 is 22.7 Å². The summed E-state index contributed by atoms with van der Waals surface area (Å²) < 4.78 is 0. The Morgan fingerprint density at radius 3 is 1.33 bits per heavy atom. The summed E-state index contributed by atoms with van der Waals surface area (Å²) in [5, 5.41) is 0. The number of aryl methyl sites for hydroxylation is 2. The van der Waals surface area contributed by atoms with Gasteiger partial charge in [0.05, 0.1) is 15.2 Å². The lowest BCUT2D eigenvalue weighted by Gasteiger charge is -2.29. The first-order valence-corrected chi connectivity index (χ1v) is 17.5. The maximum atomic E-state index is 2.52. The van der Waals surface area contributed by atoms with E-state index >= 15 is 0 Å². The molecule has 0 nitrogen and oxygen atoms in total. The zero-order chi connectivity index (χ0) is 29.0. The van der Waals surface area contributed by atoms with Gasteiger partial charge in [-0.25, -0.2) is 0 Å². The van der Waals surface area contributed by atoms with Crippen molar-refractivity contribution in [3.05, 3.63) is 143 Å². The molecule has 0 fully saturated rings. The van der Waals surface area contributed by atoms with Gasteiger partial charge in [0.15, 0.2) is 0 Å². The Labute approximate surface area is 263 Å². The minimum atomic E-state index is -0.274. The number of hydrogen-bond donors (Lipinski definition) is 0. The van der Waals surface area contributed by atoms with Crippen molar-refractivity contribution < 1.29 is 0 Å². The molecule has 0 N–H and O–H groups in total. The normalized spacial score (nSPS) is 13.6. The van der Waals surface area contributed by atoms with E-state index in [-0.39, 0.29) is 5.41 Å². The number of benzene rings is 4. The highest BCUT2D eigenvalue weighted by atomic mass is 32.1. The van der Waals surface area contributed by atoms with Crippen LogP contribution in [0, 0.1) is 0 Å². The maximum Gasteiger partial charge on any atom is 0.0742 e. The zero-order valence-electron chi connectivity index (χ0n) is 25.0. The van der Waals surface area contributed by atoms with Crippen LogP contribution < -0.4 is 0 Å². The predicted octanol–water partition coefficient (Wildman–Crippen LogP) is 12.2. The van der Waals surface area contributed by atoms with E-state index in [1.807, 2.05) is 22.7 Å². The molecule has 1 spiro atoms. The molecule has 4 aromatic carbocycles. The highest BCUT2D eigenvalue weighted by Gasteiger charge is 2.53. The lowest BCUT2D eigenvalue weighted by atomic mass is 9.71. The Hall–Kier alpha value is -3.72. The minimum Gasteiger partial charge on any atom is -0.134 e. The highest BCUT2D eigenvalue weighted by Crippen LogP contribution is 2.67. The van der Waals surface area contributed by atoms with Gasteiger partial charge in [-0.2, -0.15) is 0 Å². The van der Waals surface area contributed by atoms with Gasteiger partial charge < -0.3 is 0 Å². The van der Waals surface area contributed by atoms with Crippen LogP contribution in [-0.4, -0.2) is 0 Å². The number of thiophene rings is 2. The summed E-state index contributed by atoms with van der Waals surface area (Å²) in [5.41, 5.74) is 13.8. The van der Waals surface area contributed by atoms with Gasteiger partial charge >= 0.3 is 0 Å². The second kappa shape index (κ2) is 10.8. The molecule has 2 aliphatic carbocycles. The second-order valence-corrected chi connectivity index (χ2v) is 14.3. The van der Waals surface area contributed by atoms with E-state index in [0.29, 0.717) is 0 Å². The molecule has 2 heterocycles. The largest absolute Gasteiger partial charge is 0.134 e. The van der Waals surface area contributed by atoms with Gasteiger partial charge in [0.2, 0.25) is 0 Å². The lowest BCUT2D eigenvalue weighted by Crippen LogP contribution is -2.25. The molecule has 0 radical (unpaired) electrons. The topological polar surface area (TPSA) is 0 Å². The summed E-state index contributed by atoms with van der Waals surface area (Å²) in [7, 11) is 0. The quantitative estimate of drug-likeness (QED) is 0.165. The van der Waals surface area contributed by atoms with Crippen molar-refractivity contribution in [3.8, 4) is 41.8 Å². The van der Waals surface area contributed by atoms with Crippen molar-refractivity contribution in [1.82, 2.24) is 0 Å². The van der Waals surface area contributed by atoms with Crippen molar-refractivity contribution in [1.29, 1.82) is 0 Å². The lowest BCUT2D eigenvalue weighted by molar-refractivity contribution is 0.795. The molecule has 0 saturated heterocycles. The van der Waals surface area contributed by atoms with Crippen molar-refractivity contribution in [2.75, 3.05) is 0 Å². The van der Waals surface area contributed by atoms with Crippen molar-refractivity contribution in [3.63, 3.8) is 0 Å². The Morgan fingerprint density at radius 2 is 0.907 bits per heavy atom. The molecule has 2 aromatic heterocycles. The molecular formula is C41H36S2. The third kappa shape index (κ3) is 4.14. The standard InChI is InChI=1S/C41H36S2/c1-3-5-11-27-17-21-29(22-18-27)37-25-35-39(42-37)40-36(26-38(43-40)30-23-19-28(20-24-30)12-6-4-2)41(35)33-15-9-7-13-31(33)32-14-8-10-16-34(32)41/h7-10,13-26H,3-6,11-12H2,1-2H3. The van der Waals surface area contributed by atoms with Crippen LogP contribution in [0.3, 0.4) is 0 Å². The van der Waals surface area contributed by atoms with Crippen molar-refractivity contribution in [2.24, 2.45) is 0 Å². The molecule has 0 amide bonds. The number of unbranched alkanes of at least 4 members (excludes halogenated alkanes) is 2. The summed E-state index contributed by atoms with van der Waals surface area (Å²) in [4.78, 5) is 5.63. The first-order valence-electron chi connectivity index (χ1n) is 15.9. The predicted molar refractivity (Wildman–Crippen MR) is 187 cm³/mol. The van der Waals surface area contributed by atoms with E-state index in [1.165, 1.54) is 101 Å². The van der Waals surface area contributed by atoms with Gasteiger partial charge in [0.1, 0.15) is 0 Å². The van der Waals surface area contributed by atoms with Gasteiger partial charge in [-0.05, 0) is 93.5 Å². The highest BCUT2D eigenvalue weighted by molar-refractivity contribution is 7.25. The molecule has 0 bridgehead atoms. The van der Waals surface area contributed by atoms with Crippen LogP contribution in [0.15, 0.2) is 109 Å². The zero-order valence-corrected chi connectivity index (χ0v) is 26.6. The van der Waals surface area contributed by atoms with Gasteiger partial charge in [0, 0.05) is 9.75 Å². The van der Waals surface area contributed by atoms with Crippen LogP contribution in [0.4, 0.5) is 0 Å². The van der Waals surface area contributed by atoms with E-state index in [1.54, 1.807) is 0 Å². The summed E-state index contributed by atoms with van der Waals surface area (Å²) in [6, 6.07) is 42.0. The third-order valence-corrected chi connectivity index (χ3v) is 12.1. The number of rotatable bonds is 8. The Balaban J connectivity index is 1.31. The SMILES string of the molecule is CCCCc1ccc(-c2cc3c(s2)-c2sc(-c4ccc(CCCC)cc4)cc2C32c3ccccc3-c3ccccc32)cc1. The van der Waals surface area contributed by atoms with Gasteiger partial charge in [-0.1, -0.05) is 124 Å². The van der Waals surface area contributed by atoms with Crippen LogP contribution >= 0.6 is 22.7 Å². The van der Waals surface area contributed by atoms with Crippen LogP contribution in [0.25, 0.3) is 41.8 Å². The average molecular weight is 593 g/mol. The summed E-state index contributed by atoms with van der Waals surface area (Å²) in [6.45, 7) is 4.53. The van der Waals surface area contributed by atoms with Crippen molar-refractivity contribution in [2.45, 2.75) is 57.8 Å². The molecule has 0 unspecified atom stereocenters. The fourth-order valence-electron chi connectivity index (χ4n) is 7.35. The maximum absolute atomic E-state index is 2.52. The van der Waals surface area contributed by atoms with E-state index < -0.39 is 0 Å². The monoisotopic (exact) mass is 592 g/mol. The molecule has 6 aromatic rings. The van der Waals surface area contributed by atoms with E-state index in [2.05, 4.69) is 123 Å². The molecule has 2 heteroatoms. The Morgan fingerprint density at radius 1 is 0.488 bits per heavy atom. The molecule has 2 aliphatic rings. The average Bonchev–Trinajstić information content (AvgIpc) is 3.80. The molecule has 0 aliphatic heterocycles. The molecular weight excluding hydrogens is 557 g/mol. The van der Waals surface area contributed by atoms with E-state index in [4.69, 9.17) is 0 Å². The van der Waals surface area contributed by atoms with E-state index in [0.717, 1.165) is 12.8 Å². The fraction of sp³-hybridized carbons (Fsp3) is 0.220. The minimum absolute atomic E-state index is 0.274. The van der Waals surface area contributed by atoms with Gasteiger partial charge in [0.25, 0.3) is 0 Å². The van der Waals surface area contributed by atoms with Crippen LogP contribution in [0.5, 0.6) is 0 Å². The first-order chi connectivity index (χ1) is 21.2. The van der Waals surface area contributed by atoms with Gasteiger partial charge in [-0.15, -0.1) is 22.7 Å². The Bertz CT molecular complexity index is 1790. The molecule has 0 atom stereocenters. The number of fused-ring (bicyclic) bond motifs is 10. The fourth-order valence-corrected chi connectivity index (χ4v) is 9.96. The number of hydrogen-bond acceptors (Lipinski definition) is 2. The summed E-state index contributed by atoms with van der Waals surface area (Å²) in [5.74, 6) is 0. The van der Waals surface area contributed by atoms with Crippen LogP contribution in [0.1, 0.15) is 72.9 Å². The smallest absolute Gasteiger partial charge is 0.0742 e. The van der Waals surface area contributed by atoms with E-state index in [9.17, 15) is 0 Å². The second-order valence-electron chi connectivity index (χ2n) is 12.1. The first kappa shape index (κ1) is 26.9. The van der Waals surface area contributed by atoms with Crippen LogP contribution in [-0.2, 0) is 18.3 Å². The molecule has 0 saturated carbocycles. The summed E-state index contributed by atoms with van der Waals surface area (Å²) in [6.07, 6.45) is 7.29. The molecule has 43 heavy (non-hydrogen) atoms. The Kier molecular flexibility index (Phi) is 6.73. The summed E-state index contributed by atoms with van der Waals surface area (Å²) >= 11 is 3.96.